The first-order valence-electron chi connectivity index (χ1n) is 25.4. The minimum atomic E-state index is -0.963. The minimum absolute atomic E-state index is 0.198. The Labute approximate surface area is 355 Å². The van der Waals surface area contributed by atoms with Crippen LogP contribution in [0.1, 0.15) is 282 Å². The van der Waals surface area contributed by atoms with Crippen LogP contribution in [0.2, 0.25) is 0 Å². The van der Waals surface area contributed by atoms with E-state index in [0.717, 1.165) is 38.5 Å². The van der Waals surface area contributed by atoms with Crippen LogP contribution >= 0.6 is 0 Å². The molecule has 0 saturated carbocycles. The molecule has 0 aliphatic carbocycles. The van der Waals surface area contributed by atoms with Crippen LogP contribution in [-0.4, -0.2) is 30.9 Å². The van der Waals surface area contributed by atoms with Crippen molar-refractivity contribution in [3.8, 4) is 17.2 Å². The summed E-state index contributed by atoms with van der Waals surface area (Å²) >= 11 is 0. The van der Waals surface area contributed by atoms with Crippen LogP contribution in [0.5, 0.6) is 17.2 Å². The molecular weight excluding hydrogens is 705 g/mol. The summed E-state index contributed by atoms with van der Waals surface area (Å²) in [6.45, 7) is 8.57. The molecule has 1 aromatic rings. The van der Waals surface area contributed by atoms with Gasteiger partial charge in [0.1, 0.15) is 0 Å². The number of carboxylic acids is 1. The Morgan fingerprint density at radius 2 is 0.561 bits per heavy atom. The van der Waals surface area contributed by atoms with Crippen molar-refractivity contribution in [2.45, 2.75) is 271 Å². The third-order valence-electron chi connectivity index (χ3n) is 11.8. The molecule has 0 aliphatic heterocycles. The lowest BCUT2D eigenvalue weighted by atomic mass is 10.0. The molecule has 0 fully saturated rings. The summed E-state index contributed by atoms with van der Waals surface area (Å²) in [6.07, 6.45) is 51.0. The quantitative estimate of drug-likeness (QED) is 0.0665. The van der Waals surface area contributed by atoms with E-state index in [1.165, 1.54) is 212 Å². The van der Waals surface area contributed by atoms with Gasteiger partial charge in [0.25, 0.3) is 0 Å². The molecule has 1 aromatic carbocycles. The van der Waals surface area contributed by atoms with Crippen molar-refractivity contribution in [3.63, 3.8) is 0 Å². The molecule has 5 heteroatoms. The lowest BCUT2D eigenvalue weighted by molar-refractivity contribution is 0.0695. The molecule has 0 atom stereocenters. The Morgan fingerprint density at radius 3 is 0.789 bits per heavy atom. The topological polar surface area (TPSA) is 65.0 Å². The van der Waals surface area contributed by atoms with Crippen molar-refractivity contribution < 1.29 is 24.1 Å². The third-order valence-corrected chi connectivity index (χ3v) is 11.8. The summed E-state index contributed by atoms with van der Waals surface area (Å²) in [6, 6.07) is 3.28. The van der Waals surface area contributed by atoms with E-state index in [9.17, 15) is 9.90 Å². The Morgan fingerprint density at radius 1 is 0.351 bits per heavy atom. The number of carboxylic acid groups (broad SMARTS) is 1. The Kier molecular flexibility index (Phi) is 39.3. The van der Waals surface area contributed by atoms with E-state index >= 15 is 0 Å². The summed E-state index contributed by atoms with van der Waals surface area (Å²) in [5, 5.41) is 9.97. The van der Waals surface area contributed by atoms with E-state index < -0.39 is 5.97 Å². The Balaban J connectivity index is 2.52. The van der Waals surface area contributed by atoms with E-state index in [4.69, 9.17) is 14.2 Å². The lowest BCUT2D eigenvalue weighted by Crippen LogP contribution is -2.08. The van der Waals surface area contributed by atoms with Gasteiger partial charge in [-0.2, -0.15) is 0 Å². The van der Waals surface area contributed by atoms with Gasteiger partial charge in [0.2, 0.25) is 5.75 Å². The summed E-state index contributed by atoms with van der Waals surface area (Å²) in [7, 11) is 0. The van der Waals surface area contributed by atoms with Crippen LogP contribution in [0.25, 0.3) is 0 Å². The normalized spacial score (nSPS) is 11.4. The second kappa shape index (κ2) is 42.2. The van der Waals surface area contributed by atoms with Crippen molar-refractivity contribution in [2.24, 2.45) is 0 Å². The number of unbranched alkanes of at least 4 members (excludes halogenated alkanes) is 36. The molecule has 5 nitrogen and oxygen atoms in total. The summed E-state index contributed by atoms with van der Waals surface area (Å²) in [4.78, 5) is 12.2. The van der Waals surface area contributed by atoms with Gasteiger partial charge in [0, 0.05) is 0 Å². The molecule has 1 rings (SSSR count). The first kappa shape index (κ1) is 53.1. The second-order valence-corrected chi connectivity index (χ2v) is 17.4. The molecule has 0 aliphatic rings. The van der Waals surface area contributed by atoms with E-state index in [1.54, 1.807) is 12.1 Å². The Bertz CT molecular complexity index is 940. The number of rotatable bonds is 46. The second-order valence-electron chi connectivity index (χ2n) is 17.4. The van der Waals surface area contributed by atoms with E-state index in [2.05, 4.69) is 20.8 Å². The molecule has 0 spiro atoms. The SMILES string of the molecule is CCCCCCCCCCCCCCCOc1cc(C(=O)O)cc(OCCCCCCCCCCCCCCC)c1OCCCCCCCCCCCCCCC. The van der Waals surface area contributed by atoms with Crippen LogP contribution < -0.4 is 14.2 Å². The van der Waals surface area contributed by atoms with Gasteiger partial charge in [-0.1, -0.05) is 252 Å². The van der Waals surface area contributed by atoms with Gasteiger partial charge in [0.15, 0.2) is 11.5 Å². The number of hydrogen-bond donors (Lipinski definition) is 1. The summed E-state index contributed by atoms with van der Waals surface area (Å²) in [5.41, 5.74) is 0.198. The number of hydrogen-bond acceptors (Lipinski definition) is 4. The molecule has 0 bridgehead atoms. The Hall–Kier alpha value is -1.91. The highest BCUT2D eigenvalue weighted by Crippen LogP contribution is 2.40. The van der Waals surface area contributed by atoms with Gasteiger partial charge >= 0.3 is 5.97 Å². The lowest BCUT2D eigenvalue weighted by Gasteiger charge is -2.18. The molecule has 0 aromatic heterocycles. The highest BCUT2D eigenvalue weighted by atomic mass is 16.5. The van der Waals surface area contributed by atoms with Crippen molar-refractivity contribution in [1.29, 1.82) is 0 Å². The molecule has 334 valence electrons. The molecule has 57 heavy (non-hydrogen) atoms. The zero-order valence-electron chi connectivity index (χ0n) is 38.4. The molecule has 0 unspecified atom stereocenters. The smallest absolute Gasteiger partial charge is 0.335 e. The molecule has 0 radical (unpaired) electrons. The maximum Gasteiger partial charge on any atom is 0.335 e. The first-order chi connectivity index (χ1) is 28.1. The van der Waals surface area contributed by atoms with Crippen LogP contribution in [0, 0.1) is 0 Å². The predicted octanol–water partition coefficient (Wildman–Crippen LogP) is 17.8. The van der Waals surface area contributed by atoms with Gasteiger partial charge in [-0.25, -0.2) is 4.79 Å². The molecule has 0 saturated heterocycles. The van der Waals surface area contributed by atoms with E-state index in [-0.39, 0.29) is 5.56 Å². The van der Waals surface area contributed by atoms with Crippen LogP contribution in [0.15, 0.2) is 12.1 Å². The fraction of sp³-hybridized carbons (Fsp3) is 0.865. The van der Waals surface area contributed by atoms with Crippen molar-refractivity contribution in [2.75, 3.05) is 19.8 Å². The van der Waals surface area contributed by atoms with Gasteiger partial charge < -0.3 is 19.3 Å². The highest BCUT2D eigenvalue weighted by Gasteiger charge is 2.19. The number of benzene rings is 1. The largest absolute Gasteiger partial charge is 0.490 e. The van der Waals surface area contributed by atoms with E-state index in [1.807, 2.05) is 0 Å². The first-order valence-corrected chi connectivity index (χ1v) is 25.4. The molecule has 0 amide bonds. The molecule has 0 heterocycles. The highest BCUT2D eigenvalue weighted by molar-refractivity contribution is 5.89. The summed E-state index contributed by atoms with van der Waals surface area (Å²) in [5.74, 6) is 0.658. The predicted molar refractivity (Wildman–Crippen MR) is 247 cm³/mol. The van der Waals surface area contributed by atoms with Gasteiger partial charge in [0.05, 0.1) is 25.4 Å². The number of aromatic carboxylic acids is 1. The fourth-order valence-corrected chi connectivity index (χ4v) is 7.95. The zero-order valence-corrected chi connectivity index (χ0v) is 38.4. The maximum absolute atomic E-state index is 12.2. The number of carbonyl (C=O) groups is 1. The fourth-order valence-electron chi connectivity index (χ4n) is 7.95. The van der Waals surface area contributed by atoms with Crippen molar-refractivity contribution in [1.82, 2.24) is 0 Å². The zero-order chi connectivity index (χ0) is 41.1. The third kappa shape index (κ3) is 33.6. The van der Waals surface area contributed by atoms with Crippen LogP contribution in [-0.2, 0) is 0 Å². The average Bonchev–Trinajstić information content (AvgIpc) is 3.21. The standard InChI is InChI=1S/C52H96O5/c1-4-7-10-13-16-19-22-25-28-31-34-37-40-43-55-49-46-48(52(53)54)47-50(56-44-41-38-35-32-29-26-23-20-17-14-11-8-5-2)51(49)57-45-42-39-36-33-30-27-24-21-18-15-12-9-6-3/h46-47H,4-45H2,1-3H3,(H,53,54). The monoisotopic (exact) mass is 801 g/mol. The van der Waals surface area contributed by atoms with Crippen LogP contribution in [0.4, 0.5) is 0 Å². The maximum atomic E-state index is 12.2. The van der Waals surface area contributed by atoms with E-state index in [0.29, 0.717) is 37.1 Å². The number of ether oxygens (including phenoxy) is 3. The summed E-state index contributed by atoms with van der Waals surface area (Å²) < 4.78 is 19.0. The average molecular weight is 801 g/mol. The molecular formula is C52H96O5. The van der Waals surface area contributed by atoms with Crippen molar-refractivity contribution in [3.05, 3.63) is 17.7 Å². The van der Waals surface area contributed by atoms with Gasteiger partial charge in [-0.3, -0.25) is 0 Å². The van der Waals surface area contributed by atoms with Gasteiger partial charge in [-0.15, -0.1) is 0 Å². The van der Waals surface area contributed by atoms with Gasteiger partial charge in [-0.05, 0) is 31.4 Å². The molecule has 1 N–H and O–H groups in total. The van der Waals surface area contributed by atoms with Crippen molar-refractivity contribution >= 4 is 5.97 Å². The van der Waals surface area contributed by atoms with Crippen LogP contribution in [0.3, 0.4) is 0 Å². The minimum Gasteiger partial charge on any atom is -0.490 e.